The van der Waals surface area contributed by atoms with E-state index in [0.29, 0.717) is 6.42 Å². The number of fused-ring (bicyclic) bond motifs is 1. The van der Waals surface area contributed by atoms with Crippen LogP contribution in [0.1, 0.15) is 17.5 Å². The Bertz CT molecular complexity index is 1280. The minimum Gasteiger partial charge on any atom is -0.310 e. The van der Waals surface area contributed by atoms with E-state index in [0.717, 1.165) is 11.1 Å². The van der Waals surface area contributed by atoms with E-state index in [2.05, 4.69) is 97.1 Å². The lowest BCUT2D eigenvalue weighted by Crippen LogP contribution is -2.48. The SMILES string of the molecule is NC1(N)C=C(c2ccccc2-c2cccc3ccccc23)C(c2ccccc2)=CC1. The Labute approximate surface area is 177 Å². The summed E-state index contributed by atoms with van der Waals surface area (Å²) in [5.74, 6) is 0. The second-order valence-corrected chi connectivity index (χ2v) is 7.93. The maximum Gasteiger partial charge on any atom is 0.0873 e. The molecule has 2 nitrogen and oxygen atoms in total. The molecule has 0 heterocycles. The Morgan fingerprint density at radius 3 is 2.03 bits per heavy atom. The van der Waals surface area contributed by atoms with Gasteiger partial charge in [-0.05, 0) is 50.2 Å². The van der Waals surface area contributed by atoms with Crippen molar-refractivity contribution in [1.82, 2.24) is 0 Å². The van der Waals surface area contributed by atoms with Crippen molar-refractivity contribution in [2.45, 2.75) is 12.1 Å². The van der Waals surface area contributed by atoms with Gasteiger partial charge in [0.25, 0.3) is 0 Å². The Morgan fingerprint density at radius 1 is 0.567 bits per heavy atom. The predicted molar refractivity (Wildman–Crippen MR) is 128 cm³/mol. The average molecular weight is 389 g/mol. The van der Waals surface area contributed by atoms with Crippen LogP contribution in [0.25, 0.3) is 33.0 Å². The van der Waals surface area contributed by atoms with Crippen molar-refractivity contribution in [1.29, 1.82) is 0 Å². The van der Waals surface area contributed by atoms with E-state index in [-0.39, 0.29) is 0 Å². The first-order valence-electron chi connectivity index (χ1n) is 10.3. The van der Waals surface area contributed by atoms with Gasteiger partial charge in [0.1, 0.15) is 0 Å². The van der Waals surface area contributed by atoms with Crippen molar-refractivity contribution in [3.8, 4) is 11.1 Å². The predicted octanol–water partition coefficient (Wildman–Crippen LogP) is 5.99. The van der Waals surface area contributed by atoms with E-state index in [9.17, 15) is 0 Å². The maximum atomic E-state index is 6.38. The van der Waals surface area contributed by atoms with Crippen LogP contribution in [0.2, 0.25) is 0 Å². The van der Waals surface area contributed by atoms with Gasteiger partial charge >= 0.3 is 0 Å². The van der Waals surface area contributed by atoms with Crippen molar-refractivity contribution < 1.29 is 0 Å². The molecule has 0 aliphatic heterocycles. The fraction of sp³-hybridized carbons (Fsp3) is 0.0714. The molecule has 0 fully saturated rings. The fourth-order valence-corrected chi connectivity index (χ4v) is 4.32. The number of allylic oxidation sites excluding steroid dienone is 2. The molecule has 146 valence electrons. The minimum absolute atomic E-state index is 0.608. The number of rotatable bonds is 3. The van der Waals surface area contributed by atoms with Crippen molar-refractivity contribution >= 4 is 21.9 Å². The third-order valence-electron chi connectivity index (χ3n) is 5.74. The lowest BCUT2D eigenvalue weighted by atomic mass is 9.81. The second-order valence-electron chi connectivity index (χ2n) is 7.93. The number of hydrogen-bond donors (Lipinski definition) is 2. The molecule has 2 heteroatoms. The highest BCUT2D eigenvalue weighted by atomic mass is 14.9. The summed E-state index contributed by atoms with van der Waals surface area (Å²) in [6, 6.07) is 33.9. The molecule has 0 spiro atoms. The topological polar surface area (TPSA) is 52.0 Å². The van der Waals surface area contributed by atoms with Crippen LogP contribution in [-0.4, -0.2) is 5.66 Å². The second kappa shape index (κ2) is 7.42. The summed E-state index contributed by atoms with van der Waals surface area (Å²) >= 11 is 0. The molecule has 4 aromatic carbocycles. The molecule has 0 radical (unpaired) electrons. The zero-order chi connectivity index (χ0) is 20.6. The third kappa shape index (κ3) is 3.37. The van der Waals surface area contributed by atoms with E-state index in [1.165, 1.54) is 33.0 Å². The molecule has 0 saturated carbocycles. The zero-order valence-corrected chi connectivity index (χ0v) is 16.8. The molecule has 1 aliphatic rings. The summed E-state index contributed by atoms with van der Waals surface area (Å²) in [5, 5.41) is 2.47. The van der Waals surface area contributed by atoms with Crippen LogP contribution in [0, 0.1) is 0 Å². The summed E-state index contributed by atoms with van der Waals surface area (Å²) in [6.45, 7) is 0. The number of benzene rings is 4. The van der Waals surface area contributed by atoms with Crippen LogP contribution in [0.3, 0.4) is 0 Å². The first kappa shape index (κ1) is 18.6. The van der Waals surface area contributed by atoms with E-state index < -0.39 is 5.66 Å². The fourth-order valence-electron chi connectivity index (χ4n) is 4.32. The Kier molecular flexibility index (Phi) is 4.59. The standard InChI is InChI=1S/C28H24N2/c29-28(30)18-17-23(20-9-2-1-3-10-20)27(19-28)26-15-7-6-14-25(26)24-16-8-12-21-11-4-5-13-22(21)24/h1-17,19H,18,29-30H2. The van der Waals surface area contributed by atoms with Gasteiger partial charge in [-0.3, -0.25) is 0 Å². The molecule has 0 bridgehead atoms. The van der Waals surface area contributed by atoms with E-state index in [1.807, 2.05) is 12.1 Å². The molecule has 0 aromatic heterocycles. The molecule has 0 amide bonds. The Morgan fingerprint density at radius 2 is 1.20 bits per heavy atom. The van der Waals surface area contributed by atoms with Crippen LogP contribution in [0.15, 0.2) is 109 Å². The summed E-state index contributed by atoms with van der Waals surface area (Å²) in [7, 11) is 0. The Balaban J connectivity index is 1.74. The van der Waals surface area contributed by atoms with Crippen molar-refractivity contribution in [3.63, 3.8) is 0 Å². The van der Waals surface area contributed by atoms with E-state index in [4.69, 9.17) is 11.5 Å². The van der Waals surface area contributed by atoms with E-state index >= 15 is 0 Å². The summed E-state index contributed by atoms with van der Waals surface area (Å²) in [5.41, 5.74) is 18.9. The van der Waals surface area contributed by atoms with Gasteiger partial charge in [0.05, 0.1) is 5.66 Å². The van der Waals surface area contributed by atoms with Gasteiger partial charge < -0.3 is 11.5 Å². The van der Waals surface area contributed by atoms with Crippen LogP contribution in [0.5, 0.6) is 0 Å². The van der Waals surface area contributed by atoms with Gasteiger partial charge in [-0.25, -0.2) is 0 Å². The average Bonchev–Trinajstić information content (AvgIpc) is 2.79. The van der Waals surface area contributed by atoms with Crippen molar-refractivity contribution in [2.24, 2.45) is 11.5 Å². The molecule has 0 saturated heterocycles. The first-order chi connectivity index (χ1) is 14.6. The summed E-state index contributed by atoms with van der Waals surface area (Å²) in [4.78, 5) is 0. The highest BCUT2D eigenvalue weighted by Crippen LogP contribution is 2.41. The molecular weight excluding hydrogens is 364 g/mol. The van der Waals surface area contributed by atoms with Crippen LogP contribution < -0.4 is 11.5 Å². The highest BCUT2D eigenvalue weighted by Gasteiger charge is 2.25. The van der Waals surface area contributed by atoms with E-state index in [1.54, 1.807) is 0 Å². The zero-order valence-electron chi connectivity index (χ0n) is 16.8. The molecular formula is C28H24N2. The minimum atomic E-state index is -0.862. The molecule has 5 rings (SSSR count). The van der Waals surface area contributed by atoms with Crippen molar-refractivity contribution in [3.05, 3.63) is 120 Å². The smallest absolute Gasteiger partial charge is 0.0873 e. The lowest BCUT2D eigenvalue weighted by Gasteiger charge is -2.29. The first-order valence-corrected chi connectivity index (χ1v) is 10.3. The largest absolute Gasteiger partial charge is 0.310 e. The van der Waals surface area contributed by atoms with Gasteiger partial charge in [0.15, 0.2) is 0 Å². The summed E-state index contributed by atoms with van der Waals surface area (Å²) < 4.78 is 0. The van der Waals surface area contributed by atoms with Crippen LogP contribution in [0.4, 0.5) is 0 Å². The molecule has 1 aliphatic carbocycles. The maximum absolute atomic E-state index is 6.38. The molecule has 30 heavy (non-hydrogen) atoms. The van der Waals surface area contributed by atoms with Crippen LogP contribution >= 0.6 is 0 Å². The third-order valence-corrected chi connectivity index (χ3v) is 5.74. The van der Waals surface area contributed by atoms with Gasteiger partial charge in [0.2, 0.25) is 0 Å². The molecule has 4 aromatic rings. The van der Waals surface area contributed by atoms with Gasteiger partial charge in [-0.1, -0.05) is 103 Å². The molecule has 0 unspecified atom stereocenters. The highest BCUT2D eigenvalue weighted by molar-refractivity contribution is 6.10. The van der Waals surface area contributed by atoms with Crippen LogP contribution in [-0.2, 0) is 0 Å². The normalized spacial score (nSPS) is 15.5. The monoisotopic (exact) mass is 388 g/mol. The van der Waals surface area contributed by atoms with Gasteiger partial charge in [0, 0.05) is 6.42 Å². The quantitative estimate of drug-likeness (QED) is 0.424. The number of hydrogen-bond acceptors (Lipinski definition) is 2. The molecule has 4 N–H and O–H groups in total. The van der Waals surface area contributed by atoms with Crippen molar-refractivity contribution in [2.75, 3.05) is 0 Å². The van der Waals surface area contributed by atoms with Gasteiger partial charge in [-0.15, -0.1) is 0 Å². The number of nitrogens with two attached hydrogens (primary N) is 2. The Hall–Kier alpha value is -3.46. The summed E-state index contributed by atoms with van der Waals surface area (Å²) in [6.07, 6.45) is 4.81. The molecule has 0 atom stereocenters. The van der Waals surface area contributed by atoms with Gasteiger partial charge in [-0.2, -0.15) is 0 Å². The lowest BCUT2D eigenvalue weighted by molar-refractivity contribution is 0.561.